The van der Waals surface area contributed by atoms with Gasteiger partial charge in [0, 0.05) is 90.6 Å². The van der Waals surface area contributed by atoms with Crippen molar-refractivity contribution >= 4 is 39.3 Å². The molecule has 2 fully saturated rings. The zero-order chi connectivity index (χ0) is 41.8. The highest BCUT2D eigenvalue weighted by molar-refractivity contribution is 7.91. The van der Waals surface area contributed by atoms with Gasteiger partial charge in [0.2, 0.25) is 17.7 Å². The lowest BCUT2D eigenvalue weighted by molar-refractivity contribution is -0.145. The van der Waals surface area contributed by atoms with Crippen molar-refractivity contribution in [1.29, 1.82) is 0 Å². The van der Waals surface area contributed by atoms with E-state index in [1.165, 1.54) is 0 Å². The summed E-state index contributed by atoms with van der Waals surface area (Å²) < 4.78 is 30.4. The summed E-state index contributed by atoms with van der Waals surface area (Å²) in [6.07, 6.45) is 4.62. The lowest BCUT2D eigenvalue weighted by Gasteiger charge is -2.39. The number of amides is 3. The summed E-state index contributed by atoms with van der Waals surface area (Å²) in [4.78, 5) is 51.4. The lowest BCUT2D eigenvalue weighted by atomic mass is 10.0. The van der Waals surface area contributed by atoms with Crippen LogP contribution in [0, 0.1) is 0 Å². The fraction of sp³-hybridized carbons (Fsp3) is 0.383. The molecule has 4 aromatic carbocycles. The van der Waals surface area contributed by atoms with E-state index in [0.29, 0.717) is 63.7 Å². The van der Waals surface area contributed by atoms with E-state index in [-0.39, 0.29) is 30.0 Å². The molecular formula is C47H57N5O6S. The van der Waals surface area contributed by atoms with Gasteiger partial charge in [0.15, 0.2) is 9.84 Å². The van der Waals surface area contributed by atoms with Gasteiger partial charge in [-0.15, -0.1) is 0 Å². The largest absolute Gasteiger partial charge is 0.494 e. The highest BCUT2D eigenvalue weighted by Crippen LogP contribution is 2.23. The molecule has 12 heteroatoms. The van der Waals surface area contributed by atoms with E-state index in [0.717, 1.165) is 53.2 Å². The Labute approximate surface area is 349 Å². The summed E-state index contributed by atoms with van der Waals surface area (Å²) in [7, 11) is -3.27. The molecule has 2 aliphatic heterocycles. The number of carbonyl (C=O) groups is 3. The van der Waals surface area contributed by atoms with E-state index in [1.807, 2.05) is 88.7 Å². The Hall–Kier alpha value is -5.46. The van der Waals surface area contributed by atoms with E-state index in [4.69, 9.17) is 4.74 Å². The zero-order valence-electron chi connectivity index (χ0n) is 34.5. The summed E-state index contributed by atoms with van der Waals surface area (Å²) in [6.45, 7) is 12.0. The number of piperazine rings is 2. The molecule has 1 atom stereocenters. The highest BCUT2D eigenvalue weighted by atomic mass is 32.2. The Bertz CT molecular complexity index is 2130. The maximum absolute atomic E-state index is 14.8. The summed E-state index contributed by atoms with van der Waals surface area (Å²) in [5, 5.41) is 0. The van der Waals surface area contributed by atoms with Crippen LogP contribution in [-0.4, -0.2) is 116 Å². The molecule has 0 bridgehead atoms. The van der Waals surface area contributed by atoms with Crippen LogP contribution in [0.2, 0.25) is 0 Å². The quantitative estimate of drug-likeness (QED) is 0.128. The second-order valence-electron chi connectivity index (χ2n) is 15.2. The Morgan fingerprint density at radius 3 is 1.97 bits per heavy atom. The minimum atomic E-state index is -3.27. The zero-order valence-corrected chi connectivity index (χ0v) is 35.4. The molecule has 0 radical (unpaired) electrons. The number of ether oxygens (including phenoxy) is 1. The van der Waals surface area contributed by atoms with Gasteiger partial charge in [0.25, 0.3) is 0 Å². The Morgan fingerprint density at radius 1 is 0.729 bits per heavy atom. The molecule has 0 N–H and O–H groups in total. The third-order valence-corrected chi connectivity index (χ3v) is 12.9. The minimum Gasteiger partial charge on any atom is -0.494 e. The van der Waals surface area contributed by atoms with Crippen LogP contribution in [0.15, 0.2) is 114 Å². The Morgan fingerprint density at radius 2 is 1.36 bits per heavy atom. The van der Waals surface area contributed by atoms with Gasteiger partial charge >= 0.3 is 0 Å². The molecule has 11 nitrogen and oxygen atoms in total. The van der Waals surface area contributed by atoms with Crippen LogP contribution in [0.4, 0.5) is 5.69 Å². The highest BCUT2D eigenvalue weighted by Gasteiger charge is 2.34. The molecule has 3 amide bonds. The topological polar surface area (TPSA) is 111 Å². The van der Waals surface area contributed by atoms with Gasteiger partial charge in [0.1, 0.15) is 11.8 Å². The van der Waals surface area contributed by atoms with Crippen molar-refractivity contribution in [2.24, 2.45) is 0 Å². The van der Waals surface area contributed by atoms with Gasteiger partial charge in [-0.3, -0.25) is 19.3 Å². The third-order valence-electron chi connectivity index (χ3n) is 11.1. The summed E-state index contributed by atoms with van der Waals surface area (Å²) >= 11 is 0. The number of benzene rings is 4. The molecule has 0 spiro atoms. The van der Waals surface area contributed by atoms with Crippen LogP contribution in [0.25, 0.3) is 6.08 Å². The molecule has 2 heterocycles. The first kappa shape index (κ1) is 43.1. The Kier molecular flexibility index (Phi) is 15.0. The maximum atomic E-state index is 14.8. The first-order chi connectivity index (χ1) is 28.5. The summed E-state index contributed by atoms with van der Waals surface area (Å²) in [6, 6.07) is 31.9. The molecule has 4 aromatic rings. The first-order valence-corrected chi connectivity index (χ1v) is 22.4. The monoisotopic (exact) mass is 819 g/mol. The SMILES string of the molecule is CCCOc1ccc(C=CC(=O)N(Cc2ccc(N3CCN(C(C)=O)CC3)cc2)[C@@H](Cc2ccccc2)C(=O)N2CCN(Cc3ccc(S(=O)(=O)CC)cc3)CC2)cc1. The number of rotatable bonds is 16. The number of hydrogen-bond acceptors (Lipinski definition) is 8. The van der Waals surface area contributed by atoms with E-state index in [9.17, 15) is 22.8 Å². The predicted molar refractivity (Wildman–Crippen MR) is 233 cm³/mol. The summed E-state index contributed by atoms with van der Waals surface area (Å²) in [5.41, 5.74) is 4.78. The van der Waals surface area contributed by atoms with E-state index in [2.05, 4.69) is 28.9 Å². The molecule has 59 heavy (non-hydrogen) atoms. The van der Waals surface area contributed by atoms with E-state index < -0.39 is 15.9 Å². The third kappa shape index (κ3) is 11.8. The van der Waals surface area contributed by atoms with Gasteiger partial charge in [-0.05, 0) is 71.1 Å². The van der Waals surface area contributed by atoms with Crippen LogP contribution in [0.1, 0.15) is 49.4 Å². The normalized spacial score (nSPS) is 15.6. The van der Waals surface area contributed by atoms with Crippen LogP contribution in [-0.2, 0) is 43.7 Å². The molecular weight excluding hydrogens is 763 g/mol. The van der Waals surface area contributed by atoms with Crippen molar-refractivity contribution in [2.45, 2.75) is 57.6 Å². The van der Waals surface area contributed by atoms with Crippen LogP contribution in [0.5, 0.6) is 5.75 Å². The summed E-state index contributed by atoms with van der Waals surface area (Å²) in [5.74, 6) is 0.565. The van der Waals surface area contributed by atoms with Crippen molar-refractivity contribution in [2.75, 3.05) is 69.6 Å². The number of hydrogen-bond donors (Lipinski definition) is 0. The number of carbonyl (C=O) groups excluding carboxylic acids is 3. The van der Waals surface area contributed by atoms with Crippen molar-refractivity contribution in [3.63, 3.8) is 0 Å². The smallest absolute Gasteiger partial charge is 0.247 e. The minimum absolute atomic E-state index is 0.0594. The number of nitrogens with zero attached hydrogens (tertiary/aromatic N) is 5. The molecule has 0 aromatic heterocycles. The maximum Gasteiger partial charge on any atom is 0.247 e. The number of anilines is 1. The molecule has 6 rings (SSSR count). The van der Waals surface area contributed by atoms with Gasteiger partial charge in [-0.2, -0.15) is 0 Å². The average molecular weight is 820 g/mol. The van der Waals surface area contributed by atoms with Crippen LogP contribution >= 0.6 is 0 Å². The molecule has 0 aliphatic carbocycles. The van der Waals surface area contributed by atoms with Crippen LogP contribution in [0.3, 0.4) is 0 Å². The van der Waals surface area contributed by atoms with Crippen LogP contribution < -0.4 is 9.64 Å². The molecule has 2 aliphatic rings. The fourth-order valence-electron chi connectivity index (χ4n) is 7.52. The molecule has 2 saturated heterocycles. The van der Waals surface area contributed by atoms with Gasteiger partial charge in [0.05, 0.1) is 17.3 Å². The lowest BCUT2D eigenvalue weighted by Crippen LogP contribution is -2.56. The predicted octanol–water partition coefficient (Wildman–Crippen LogP) is 5.94. The van der Waals surface area contributed by atoms with Crippen molar-refractivity contribution in [3.8, 4) is 5.75 Å². The second kappa shape index (κ2) is 20.5. The van der Waals surface area contributed by atoms with Crippen molar-refractivity contribution < 1.29 is 27.5 Å². The first-order valence-electron chi connectivity index (χ1n) is 20.7. The van der Waals surface area contributed by atoms with Crippen molar-refractivity contribution in [3.05, 3.63) is 131 Å². The average Bonchev–Trinajstić information content (AvgIpc) is 3.27. The molecule has 312 valence electrons. The Balaban J connectivity index is 1.22. The standard InChI is InChI=1S/C47H57N5O6S/c1-4-33-58-43-20-13-38(14-21-43)17-24-46(54)52(36-41-11-18-42(19-12-41)50-31-29-49(30-32-50)37(3)53)45(34-39-9-7-6-8-10-39)47(55)51-27-25-48(26-28-51)35-40-15-22-44(23-16-40)59(56,57)5-2/h6-24,45H,4-5,25-36H2,1-3H3/t45-/m0/s1. The molecule has 0 unspecified atom stereocenters. The van der Waals surface area contributed by atoms with E-state index >= 15 is 0 Å². The second-order valence-corrected chi connectivity index (χ2v) is 17.5. The molecule has 0 saturated carbocycles. The van der Waals surface area contributed by atoms with Gasteiger partial charge in [-0.1, -0.05) is 80.6 Å². The number of sulfone groups is 1. The fourth-order valence-corrected chi connectivity index (χ4v) is 8.40. The van der Waals surface area contributed by atoms with Gasteiger partial charge < -0.3 is 24.3 Å². The van der Waals surface area contributed by atoms with Crippen molar-refractivity contribution in [1.82, 2.24) is 19.6 Å². The van der Waals surface area contributed by atoms with E-state index in [1.54, 1.807) is 43.0 Å². The van der Waals surface area contributed by atoms with Gasteiger partial charge in [-0.25, -0.2) is 8.42 Å².